The Kier molecular flexibility index (Phi) is 3.15. The van der Waals surface area contributed by atoms with E-state index < -0.39 is 11.9 Å². The Bertz CT molecular complexity index is 519. The molecule has 2 aromatic rings. The van der Waals surface area contributed by atoms with E-state index in [0.29, 0.717) is 17.1 Å². The average molecular weight is 236 g/mol. The van der Waals surface area contributed by atoms with Crippen LogP contribution in [0.5, 0.6) is 5.75 Å². The molecule has 1 heterocycles. The lowest BCUT2D eigenvalue weighted by atomic mass is 10.0. The monoisotopic (exact) mass is 236 g/mol. The van der Waals surface area contributed by atoms with Gasteiger partial charge in [-0.1, -0.05) is 0 Å². The van der Waals surface area contributed by atoms with Crippen molar-refractivity contribution in [2.24, 2.45) is 0 Å². The van der Waals surface area contributed by atoms with E-state index in [-0.39, 0.29) is 0 Å². The summed E-state index contributed by atoms with van der Waals surface area (Å²) in [5.41, 5.74) is 1.16. The topological polar surface area (TPSA) is 42.6 Å². The van der Waals surface area contributed by atoms with E-state index in [0.717, 1.165) is 5.56 Å². The average Bonchev–Trinajstić information content (AvgIpc) is 2.74. The molecule has 1 atom stereocenters. The summed E-state index contributed by atoms with van der Waals surface area (Å²) < 4.78 is 23.5. The molecular weight excluding hydrogens is 223 g/mol. The summed E-state index contributed by atoms with van der Waals surface area (Å²) in [6.45, 7) is 1.81. The van der Waals surface area contributed by atoms with Gasteiger partial charge in [0.25, 0.3) is 0 Å². The molecule has 0 saturated heterocycles. The fourth-order valence-electron chi connectivity index (χ4n) is 1.72. The van der Waals surface area contributed by atoms with Crippen molar-refractivity contribution in [1.29, 1.82) is 0 Å². The number of furan rings is 1. The number of methoxy groups -OCH3 is 1. The largest absolute Gasteiger partial charge is 0.496 e. The minimum Gasteiger partial charge on any atom is -0.496 e. The number of ether oxygens (including phenoxy) is 1. The van der Waals surface area contributed by atoms with E-state index in [4.69, 9.17) is 9.15 Å². The number of aryl methyl sites for hydroxylation is 1. The molecule has 2 rings (SSSR count). The van der Waals surface area contributed by atoms with Crippen LogP contribution in [-0.2, 0) is 0 Å². The number of aliphatic hydroxyl groups is 1. The molecule has 0 aliphatic rings. The van der Waals surface area contributed by atoms with Crippen molar-refractivity contribution < 1.29 is 18.7 Å². The molecule has 1 aromatic heterocycles. The van der Waals surface area contributed by atoms with Gasteiger partial charge in [-0.15, -0.1) is 0 Å². The zero-order chi connectivity index (χ0) is 12.4. The first kappa shape index (κ1) is 11.7. The second-order valence-electron chi connectivity index (χ2n) is 3.76. The first-order chi connectivity index (χ1) is 8.13. The van der Waals surface area contributed by atoms with Crippen molar-refractivity contribution in [3.63, 3.8) is 0 Å². The number of hydrogen-bond acceptors (Lipinski definition) is 3. The van der Waals surface area contributed by atoms with Gasteiger partial charge in [0.15, 0.2) is 0 Å². The maximum Gasteiger partial charge on any atom is 0.141 e. The molecule has 1 aromatic carbocycles. The molecular formula is C13H13FO3. The molecule has 90 valence electrons. The smallest absolute Gasteiger partial charge is 0.141 e. The molecule has 0 amide bonds. The second kappa shape index (κ2) is 4.59. The predicted octanol–water partition coefficient (Wildman–Crippen LogP) is 2.82. The van der Waals surface area contributed by atoms with Crippen LogP contribution in [0.25, 0.3) is 0 Å². The van der Waals surface area contributed by atoms with Gasteiger partial charge in [-0.25, -0.2) is 4.39 Å². The predicted molar refractivity (Wildman–Crippen MR) is 60.5 cm³/mol. The van der Waals surface area contributed by atoms with Crippen LogP contribution in [0.4, 0.5) is 4.39 Å². The first-order valence-electron chi connectivity index (χ1n) is 5.19. The number of halogens is 1. The second-order valence-corrected chi connectivity index (χ2v) is 3.76. The lowest BCUT2D eigenvalue weighted by Crippen LogP contribution is -2.03. The maximum atomic E-state index is 13.2. The van der Waals surface area contributed by atoms with Gasteiger partial charge in [0.05, 0.1) is 13.4 Å². The zero-order valence-electron chi connectivity index (χ0n) is 9.61. The Labute approximate surface area is 98.5 Å². The van der Waals surface area contributed by atoms with Crippen molar-refractivity contribution in [3.05, 3.63) is 53.2 Å². The van der Waals surface area contributed by atoms with Crippen molar-refractivity contribution in [2.75, 3.05) is 7.11 Å². The Morgan fingerprint density at radius 1 is 1.35 bits per heavy atom. The molecule has 0 fully saturated rings. The zero-order valence-corrected chi connectivity index (χ0v) is 9.61. The van der Waals surface area contributed by atoms with Crippen LogP contribution >= 0.6 is 0 Å². The van der Waals surface area contributed by atoms with Crippen LogP contribution in [-0.4, -0.2) is 12.2 Å². The van der Waals surface area contributed by atoms with E-state index in [1.807, 2.05) is 6.92 Å². The number of aliphatic hydroxyl groups excluding tert-OH is 1. The summed E-state index contributed by atoms with van der Waals surface area (Å²) in [5, 5.41) is 10.2. The third kappa shape index (κ3) is 2.17. The molecule has 0 bridgehead atoms. The van der Waals surface area contributed by atoms with E-state index in [1.54, 1.807) is 6.07 Å². The van der Waals surface area contributed by atoms with Crippen molar-refractivity contribution in [3.8, 4) is 5.75 Å². The summed E-state index contributed by atoms with van der Waals surface area (Å²) in [4.78, 5) is 0. The van der Waals surface area contributed by atoms with Crippen LogP contribution < -0.4 is 4.74 Å². The standard InChI is InChI=1S/C13H13FO3/c1-8-5-6-17-13(8)12(15)10-7-9(14)3-4-11(10)16-2/h3-7,12,15H,1-2H3. The molecule has 4 heteroatoms. The first-order valence-corrected chi connectivity index (χ1v) is 5.19. The minimum atomic E-state index is -1.03. The van der Waals surface area contributed by atoms with Gasteiger partial charge in [-0.3, -0.25) is 0 Å². The summed E-state index contributed by atoms with van der Waals surface area (Å²) in [5.74, 6) is 0.396. The van der Waals surface area contributed by atoms with E-state index >= 15 is 0 Å². The molecule has 3 nitrogen and oxygen atoms in total. The summed E-state index contributed by atoms with van der Waals surface area (Å²) in [6.07, 6.45) is 0.454. The third-order valence-electron chi connectivity index (χ3n) is 2.64. The van der Waals surface area contributed by atoms with Crippen molar-refractivity contribution in [1.82, 2.24) is 0 Å². The highest BCUT2D eigenvalue weighted by atomic mass is 19.1. The lowest BCUT2D eigenvalue weighted by molar-refractivity contribution is 0.183. The molecule has 0 radical (unpaired) electrons. The Hall–Kier alpha value is -1.81. The molecule has 1 unspecified atom stereocenters. The molecule has 0 aliphatic carbocycles. The molecule has 0 saturated carbocycles. The third-order valence-corrected chi connectivity index (χ3v) is 2.64. The molecule has 0 spiro atoms. The number of hydrogen-bond donors (Lipinski definition) is 1. The minimum absolute atomic E-state index is 0.352. The fraction of sp³-hybridized carbons (Fsp3) is 0.231. The summed E-state index contributed by atoms with van der Waals surface area (Å²) in [7, 11) is 1.47. The maximum absolute atomic E-state index is 13.2. The highest BCUT2D eigenvalue weighted by Gasteiger charge is 2.20. The molecule has 0 aliphatic heterocycles. The van der Waals surface area contributed by atoms with Gasteiger partial charge in [0.1, 0.15) is 23.4 Å². The summed E-state index contributed by atoms with van der Waals surface area (Å²) >= 11 is 0. The van der Waals surface area contributed by atoms with Crippen LogP contribution in [0.3, 0.4) is 0 Å². The SMILES string of the molecule is COc1ccc(F)cc1C(O)c1occc1C. The van der Waals surface area contributed by atoms with Gasteiger partial charge in [-0.2, -0.15) is 0 Å². The highest BCUT2D eigenvalue weighted by molar-refractivity contribution is 5.40. The fourth-order valence-corrected chi connectivity index (χ4v) is 1.72. The quantitative estimate of drug-likeness (QED) is 0.891. The highest BCUT2D eigenvalue weighted by Crippen LogP contribution is 2.32. The molecule has 1 N–H and O–H groups in total. The van der Waals surface area contributed by atoms with Crippen molar-refractivity contribution in [2.45, 2.75) is 13.0 Å². The van der Waals surface area contributed by atoms with Gasteiger partial charge in [-0.05, 0) is 36.8 Å². The van der Waals surface area contributed by atoms with E-state index in [1.165, 1.54) is 31.6 Å². The Morgan fingerprint density at radius 2 is 2.12 bits per heavy atom. The van der Waals surface area contributed by atoms with Crippen LogP contribution in [0.2, 0.25) is 0 Å². The van der Waals surface area contributed by atoms with Crippen LogP contribution in [0.15, 0.2) is 34.9 Å². The van der Waals surface area contributed by atoms with E-state index in [2.05, 4.69) is 0 Å². The number of rotatable bonds is 3. The molecule has 17 heavy (non-hydrogen) atoms. The lowest BCUT2D eigenvalue weighted by Gasteiger charge is -2.13. The van der Waals surface area contributed by atoms with Crippen LogP contribution in [0, 0.1) is 12.7 Å². The Balaban J connectivity index is 2.46. The van der Waals surface area contributed by atoms with Gasteiger partial charge >= 0.3 is 0 Å². The van der Waals surface area contributed by atoms with Crippen molar-refractivity contribution >= 4 is 0 Å². The van der Waals surface area contributed by atoms with Crippen LogP contribution in [0.1, 0.15) is 23.0 Å². The normalized spacial score (nSPS) is 12.5. The van der Waals surface area contributed by atoms with Gasteiger partial charge < -0.3 is 14.3 Å². The number of benzene rings is 1. The Morgan fingerprint density at radius 3 is 2.71 bits per heavy atom. The summed E-state index contributed by atoms with van der Waals surface area (Å²) in [6, 6.07) is 5.74. The van der Waals surface area contributed by atoms with E-state index in [9.17, 15) is 9.50 Å². The van der Waals surface area contributed by atoms with Gasteiger partial charge in [0, 0.05) is 5.56 Å². The van der Waals surface area contributed by atoms with Gasteiger partial charge in [0.2, 0.25) is 0 Å².